The lowest BCUT2D eigenvalue weighted by atomic mass is 10.1. The number of carbonyl (C=O) groups is 1. The van der Waals surface area contributed by atoms with Gasteiger partial charge in [-0.15, -0.1) is 0 Å². The minimum absolute atomic E-state index is 0.390. The van der Waals surface area contributed by atoms with Crippen LogP contribution in [0.25, 0.3) is 16.6 Å². The molecule has 94 valence electrons. The summed E-state index contributed by atoms with van der Waals surface area (Å²) in [4.78, 5) is 15.8. The maximum absolute atomic E-state index is 11.5. The molecule has 0 aliphatic heterocycles. The van der Waals surface area contributed by atoms with Crippen LogP contribution in [-0.4, -0.2) is 27.8 Å². The Kier molecular flexibility index (Phi) is 2.72. The Morgan fingerprint density at radius 2 is 2.21 bits per heavy atom. The van der Waals surface area contributed by atoms with E-state index in [2.05, 4.69) is 10.1 Å². The summed E-state index contributed by atoms with van der Waals surface area (Å²) in [5, 5.41) is 5.07. The molecule has 0 fully saturated rings. The maximum Gasteiger partial charge on any atom is 0.339 e. The Morgan fingerprint density at radius 1 is 1.32 bits per heavy atom. The van der Waals surface area contributed by atoms with Crippen molar-refractivity contribution in [2.24, 2.45) is 0 Å². The summed E-state index contributed by atoms with van der Waals surface area (Å²) in [5.41, 5.74) is 2.10. The highest BCUT2D eigenvalue weighted by Gasteiger charge is 2.09. The molecule has 2 aromatic heterocycles. The topological polar surface area (TPSA) is 57.0 Å². The molecule has 5 nitrogen and oxygen atoms in total. The maximum atomic E-state index is 11.5. The highest BCUT2D eigenvalue weighted by molar-refractivity contribution is 5.95. The number of hydrogen-bond donors (Lipinski definition) is 0. The lowest BCUT2D eigenvalue weighted by Gasteiger charge is -2.06. The third kappa shape index (κ3) is 1.95. The molecule has 0 radical (unpaired) electrons. The molecule has 0 bridgehead atoms. The van der Waals surface area contributed by atoms with E-state index in [0.29, 0.717) is 5.56 Å². The third-order valence-corrected chi connectivity index (χ3v) is 2.86. The van der Waals surface area contributed by atoms with E-state index >= 15 is 0 Å². The number of rotatable bonds is 2. The third-order valence-electron chi connectivity index (χ3n) is 2.86. The fourth-order valence-corrected chi connectivity index (χ4v) is 1.97. The number of carbonyl (C=O) groups excluding carboxylic acids is 1. The Labute approximate surface area is 109 Å². The molecule has 1 aromatic carbocycles. The van der Waals surface area contributed by atoms with Crippen molar-refractivity contribution in [2.75, 3.05) is 7.11 Å². The molecule has 0 aliphatic rings. The number of pyridine rings is 1. The van der Waals surface area contributed by atoms with Gasteiger partial charge in [0.05, 0.1) is 23.9 Å². The summed E-state index contributed by atoms with van der Waals surface area (Å²) in [6, 6.07) is 9.35. The second kappa shape index (κ2) is 4.53. The van der Waals surface area contributed by atoms with Crippen LogP contribution in [0.4, 0.5) is 0 Å². The van der Waals surface area contributed by atoms with Crippen LogP contribution in [0, 0.1) is 0 Å². The molecule has 0 aliphatic carbocycles. The first-order chi connectivity index (χ1) is 9.29. The molecule has 3 rings (SSSR count). The molecule has 19 heavy (non-hydrogen) atoms. The number of nitrogens with zero attached hydrogens (tertiary/aromatic N) is 3. The Balaban J connectivity index is 2.20. The van der Waals surface area contributed by atoms with Crippen LogP contribution in [0.15, 0.2) is 48.9 Å². The van der Waals surface area contributed by atoms with E-state index in [4.69, 9.17) is 4.74 Å². The number of ether oxygens (including phenoxy) is 1. The van der Waals surface area contributed by atoms with Crippen LogP contribution < -0.4 is 0 Å². The fourth-order valence-electron chi connectivity index (χ4n) is 1.97. The van der Waals surface area contributed by atoms with Gasteiger partial charge in [0.25, 0.3) is 0 Å². The number of benzene rings is 1. The lowest BCUT2D eigenvalue weighted by molar-refractivity contribution is 0.0600. The highest BCUT2D eigenvalue weighted by Crippen LogP contribution is 2.20. The van der Waals surface area contributed by atoms with E-state index in [0.717, 1.165) is 16.6 Å². The fraction of sp³-hybridized carbons (Fsp3) is 0.0714. The van der Waals surface area contributed by atoms with Crippen molar-refractivity contribution in [3.05, 3.63) is 54.5 Å². The van der Waals surface area contributed by atoms with Gasteiger partial charge in [0.1, 0.15) is 0 Å². The van der Waals surface area contributed by atoms with Gasteiger partial charge in [-0.2, -0.15) is 5.10 Å². The second-order valence-electron chi connectivity index (χ2n) is 4.02. The van der Waals surface area contributed by atoms with Crippen LogP contribution >= 0.6 is 0 Å². The summed E-state index contributed by atoms with van der Waals surface area (Å²) in [6.45, 7) is 0. The molecule has 2 heterocycles. The largest absolute Gasteiger partial charge is 0.465 e. The van der Waals surface area contributed by atoms with Gasteiger partial charge >= 0.3 is 5.97 Å². The first-order valence-electron chi connectivity index (χ1n) is 5.77. The molecule has 0 unspecified atom stereocenters. The first kappa shape index (κ1) is 11.4. The monoisotopic (exact) mass is 253 g/mol. The number of para-hydroxylation sites is 1. The van der Waals surface area contributed by atoms with Crippen LogP contribution in [0.1, 0.15) is 10.4 Å². The molecular formula is C14H11N3O2. The molecule has 5 heteroatoms. The van der Waals surface area contributed by atoms with E-state index in [1.165, 1.54) is 13.3 Å². The van der Waals surface area contributed by atoms with Crippen LogP contribution in [0.5, 0.6) is 0 Å². The zero-order valence-electron chi connectivity index (χ0n) is 10.3. The number of esters is 1. The number of methoxy groups -OCH3 is 1. The molecule has 0 amide bonds. The number of fused-ring (bicyclic) bond motifs is 1. The summed E-state index contributed by atoms with van der Waals surface area (Å²) < 4.78 is 6.43. The second-order valence-corrected chi connectivity index (χ2v) is 4.02. The zero-order valence-corrected chi connectivity index (χ0v) is 10.3. The predicted molar refractivity (Wildman–Crippen MR) is 70.2 cm³/mol. The molecule has 0 N–H and O–H groups in total. The van der Waals surface area contributed by atoms with E-state index in [9.17, 15) is 4.79 Å². The Morgan fingerprint density at radius 3 is 2.95 bits per heavy atom. The summed E-state index contributed by atoms with van der Waals surface area (Å²) in [5.74, 6) is -0.390. The molecule has 0 saturated heterocycles. The van der Waals surface area contributed by atoms with Crippen molar-refractivity contribution >= 4 is 16.9 Å². The Hall–Kier alpha value is -2.69. The van der Waals surface area contributed by atoms with Crippen LogP contribution in [-0.2, 0) is 4.74 Å². The van der Waals surface area contributed by atoms with Crippen LogP contribution in [0.3, 0.4) is 0 Å². The van der Waals surface area contributed by atoms with Crippen LogP contribution in [0.2, 0.25) is 0 Å². The Bertz CT molecular complexity index is 736. The van der Waals surface area contributed by atoms with E-state index < -0.39 is 0 Å². The van der Waals surface area contributed by atoms with Gasteiger partial charge in [-0.05, 0) is 18.2 Å². The van der Waals surface area contributed by atoms with Gasteiger partial charge in [0.2, 0.25) is 0 Å². The van der Waals surface area contributed by atoms with Crippen molar-refractivity contribution in [2.45, 2.75) is 0 Å². The van der Waals surface area contributed by atoms with Crippen molar-refractivity contribution in [3.8, 4) is 5.69 Å². The van der Waals surface area contributed by atoms with Crippen molar-refractivity contribution in [1.29, 1.82) is 0 Å². The van der Waals surface area contributed by atoms with Gasteiger partial charge in [0, 0.05) is 24.0 Å². The summed E-state index contributed by atoms with van der Waals surface area (Å²) in [7, 11) is 1.35. The van der Waals surface area contributed by atoms with Crippen molar-refractivity contribution < 1.29 is 9.53 Å². The van der Waals surface area contributed by atoms with Gasteiger partial charge in [-0.25, -0.2) is 9.48 Å². The average Bonchev–Trinajstić information content (AvgIpc) is 2.99. The van der Waals surface area contributed by atoms with E-state index in [-0.39, 0.29) is 5.97 Å². The summed E-state index contributed by atoms with van der Waals surface area (Å²) in [6.07, 6.45) is 5.08. The zero-order chi connectivity index (χ0) is 13.2. The SMILES string of the molecule is COC(=O)c1cnc2c(-n3cccn3)cccc2c1. The normalized spacial score (nSPS) is 10.6. The highest BCUT2D eigenvalue weighted by atomic mass is 16.5. The molecule has 0 spiro atoms. The van der Waals surface area contributed by atoms with Gasteiger partial charge in [-0.1, -0.05) is 12.1 Å². The van der Waals surface area contributed by atoms with Gasteiger partial charge < -0.3 is 4.74 Å². The van der Waals surface area contributed by atoms with Gasteiger partial charge in [0.15, 0.2) is 0 Å². The minimum atomic E-state index is -0.390. The van der Waals surface area contributed by atoms with Crippen molar-refractivity contribution in [1.82, 2.24) is 14.8 Å². The lowest BCUT2D eigenvalue weighted by Crippen LogP contribution is -2.03. The van der Waals surface area contributed by atoms with Gasteiger partial charge in [-0.3, -0.25) is 4.98 Å². The predicted octanol–water partition coefficient (Wildman–Crippen LogP) is 2.21. The molecule has 0 atom stereocenters. The number of hydrogen-bond acceptors (Lipinski definition) is 4. The molecule has 0 saturated carbocycles. The van der Waals surface area contributed by atoms with E-state index in [1.54, 1.807) is 16.9 Å². The minimum Gasteiger partial charge on any atom is -0.465 e. The standard InChI is InChI=1S/C14H11N3O2/c1-19-14(18)11-8-10-4-2-5-12(13(10)15-9-11)17-7-3-6-16-17/h2-9H,1H3. The van der Waals surface area contributed by atoms with E-state index in [1.807, 2.05) is 30.5 Å². The van der Waals surface area contributed by atoms with Crippen molar-refractivity contribution in [3.63, 3.8) is 0 Å². The quantitative estimate of drug-likeness (QED) is 0.657. The molecular weight excluding hydrogens is 242 g/mol. The molecule has 3 aromatic rings. The average molecular weight is 253 g/mol. The smallest absolute Gasteiger partial charge is 0.339 e. The first-order valence-corrected chi connectivity index (χ1v) is 5.77. The number of aromatic nitrogens is 3. The summed E-state index contributed by atoms with van der Waals surface area (Å²) >= 11 is 0.